The van der Waals surface area contributed by atoms with Gasteiger partial charge in [0.1, 0.15) is 25.1 Å². The molecule has 1 unspecified atom stereocenters. The van der Waals surface area contributed by atoms with E-state index in [9.17, 15) is 5.11 Å². The highest BCUT2D eigenvalue weighted by atomic mass is 16.7. The highest BCUT2D eigenvalue weighted by Gasteiger charge is 2.15. The van der Waals surface area contributed by atoms with E-state index in [4.69, 9.17) is 58.7 Å². The van der Waals surface area contributed by atoms with Crippen LogP contribution in [0.5, 0.6) is 17.2 Å². The first-order valence-electron chi connectivity index (χ1n) is 13.0. The molecule has 1 atom stereocenters. The van der Waals surface area contributed by atoms with Crippen molar-refractivity contribution in [1.29, 1.82) is 0 Å². The van der Waals surface area contributed by atoms with Crippen molar-refractivity contribution in [2.24, 2.45) is 5.16 Å². The van der Waals surface area contributed by atoms with Gasteiger partial charge in [-0.3, -0.25) is 5.43 Å². The number of hydrazine groups is 1. The minimum absolute atomic E-state index is 0.184. The summed E-state index contributed by atoms with van der Waals surface area (Å²) in [5, 5.41) is 46.1. The quantitative estimate of drug-likeness (QED) is 0.114. The van der Waals surface area contributed by atoms with Crippen LogP contribution in [0.2, 0.25) is 0 Å². The van der Waals surface area contributed by atoms with Gasteiger partial charge in [0, 0.05) is 38.3 Å². The van der Waals surface area contributed by atoms with Crippen LogP contribution in [-0.2, 0) is 30.6 Å². The number of fused-ring (bicyclic) bond motifs is 1. The van der Waals surface area contributed by atoms with E-state index in [1.165, 1.54) is 0 Å². The number of hydrogen-bond acceptors (Lipinski definition) is 13. The van der Waals surface area contributed by atoms with E-state index < -0.39 is 30.0 Å². The minimum atomic E-state index is -1.82. The average Bonchev–Trinajstić information content (AvgIpc) is 3.47. The van der Waals surface area contributed by atoms with Gasteiger partial charge in [0.25, 0.3) is 0 Å². The standard InChI is InChI=1S/C23H30N4O5.2C2H2O4/c1-26-8-10-27(11-9-26)24-14-20(28)16-29-21-5-3-2-4-19(21)13-25-32-15-18-6-7-22-23(12-18)31-17-30-22;2*3-1(4)2(5)6/h2-7,12-13,20,24,28H,8-11,14-17H2,1H3;2*(H,3,4)(H,5,6)/b25-13+;;. The van der Waals surface area contributed by atoms with Crippen LogP contribution >= 0.6 is 0 Å². The second-order valence-electron chi connectivity index (χ2n) is 9.07. The molecule has 44 heavy (non-hydrogen) atoms. The van der Waals surface area contributed by atoms with Crippen molar-refractivity contribution >= 4 is 30.1 Å². The molecule has 2 aliphatic rings. The highest BCUT2D eigenvalue weighted by molar-refractivity contribution is 6.27. The first-order chi connectivity index (χ1) is 21.0. The fourth-order valence-electron chi connectivity index (χ4n) is 3.40. The summed E-state index contributed by atoms with van der Waals surface area (Å²) in [5.74, 6) is -5.20. The van der Waals surface area contributed by atoms with E-state index in [0.29, 0.717) is 18.9 Å². The molecule has 0 aliphatic carbocycles. The summed E-state index contributed by atoms with van der Waals surface area (Å²) in [6.07, 6.45) is 0.985. The molecule has 17 nitrogen and oxygen atoms in total. The number of hydrogen-bond donors (Lipinski definition) is 6. The van der Waals surface area contributed by atoms with Gasteiger partial charge in [-0.15, -0.1) is 0 Å². The number of likely N-dealkylation sites (N-methyl/N-ethyl adjacent to an activating group) is 1. The lowest BCUT2D eigenvalue weighted by atomic mass is 10.2. The van der Waals surface area contributed by atoms with Crippen LogP contribution in [0.4, 0.5) is 0 Å². The Morgan fingerprint density at radius 1 is 0.932 bits per heavy atom. The summed E-state index contributed by atoms with van der Waals surface area (Å²) in [4.78, 5) is 44.1. The van der Waals surface area contributed by atoms with Crippen molar-refractivity contribution in [2.75, 3.05) is 53.2 Å². The summed E-state index contributed by atoms with van der Waals surface area (Å²) in [7, 11) is 2.11. The third kappa shape index (κ3) is 13.3. The van der Waals surface area contributed by atoms with Gasteiger partial charge in [-0.2, -0.15) is 0 Å². The minimum Gasteiger partial charge on any atom is -0.490 e. The molecular weight excluding hydrogens is 588 g/mol. The number of piperazine rings is 1. The Bertz CT molecular complexity index is 1230. The molecular formula is C27H34N4O13. The molecule has 0 spiro atoms. The van der Waals surface area contributed by atoms with E-state index in [1.54, 1.807) is 6.21 Å². The first kappa shape index (κ1) is 35.2. The zero-order chi connectivity index (χ0) is 32.5. The first-order valence-corrected chi connectivity index (χ1v) is 13.0. The third-order valence-corrected chi connectivity index (χ3v) is 5.70. The number of oxime groups is 1. The molecule has 4 rings (SSSR count). The Kier molecular flexibility index (Phi) is 14.8. The van der Waals surface area contributed by atoms with Crippen molar-refractivity contribution in [2.45, 2.75) is 12.7 Å². The second-order valence-corrected chi connectivity index (χ2v) is 9.07. The molecule has 6 N–H and O–H groups in total. The van der Waals surface area contributed by atoms with Crippen LogP contribution < -0.4 is 19.6 Å². The van der Waals surface area contributed by atoms with Gasteiger partial charge in [-0.1, -0.05) is 23.4 Å². The van der Waals surface area contributed by atoms with Crippen LogP contribution in [0.1, 0.15) is 11.1 Å². The number of benzene rings is 2. The summed E-state index contributed by atoms with van der Waals surface area (Å²) in [6, 6.07) is 13.2. The van der Waals surface area contributed by atoms with Crippen LogP contribution in [0, 0.1) is 0 Å². The van der Waals surface area contributed by atoms with Gasteiger partial charge in [-0.05, 0) is 36.9 Å². The molecule has 0 radical (unpaired) electrons. The largest absolute Gasteiger partial charge is 0.490 e. The van der Waals surface area contributed by atoms with Crippen LogP contribution in [0.15, 0.2) is 47.6 Å². The lowest BCUT2D eigenvalue weighted by Crippen LogP contribution is -2.52. The number of nitrogens with one attached hydrogen (secondary N) is 1. The number of aliphatic hydroxyl groups is 1. The van der Waals surface area contributed by atoms with Crippen molar-refractivity contribution < 1.29 is 63.8 Å². The predicted molar refractivity (Wildman–Crippen MR) is 151 cm³/mol. The van der Waals surface area contributed by atoms with Gasteiger partial charge in [0.2, 0.25) is 6.79 Å². The van der Waals surface area contributed by atoms with E-state index in [1.807, 2.05) is 42.5 Å². The number of aliphatic carboxylic acids is 4. The maximum Gasteiger partial charge on any atom is 0.414 e. The maximum absolute atomic E-state index is 10.3. The molecule has 0 amide bonds. The molecule has 2 heterocycles. The second kappa shape index (κ2) is 18.5. The van der Waals surface area contributed by atoms with Crippen molar-refractivity contribution in [3.63, 3.8) is 0 Å². The predicted octanol–water partition coefficient (Wildman–Crippen LogP) is -0.231. The van der Waals surface area contributed by atoms with E-state index in [2.05, 4.69) is 27.5 Å². The summed E-state index contributed by atoms with van der Waals surface area (Å²) < 4.78 is 16.5. The zero-order valence-corrected chi connectivity index (χ0v) is 23.7. The smallest absolute Gasteiger partial charge is 0.414 e. The monoisotopic (exact) mass is 622 g/mol. The normalized spacial score (nSPS) is 14.8. The lowest BCUT2D eigenvalue weighted by Gasteiger charge is -2.33. The SMILES string of the molecule is CN1CCN(NCC(O)COc2ccccc2/C=N/OCc2ccc3c(c2)OCO3)CC1.O=C(O)C(=O)O.O=C(O)C(=O)O. The Morgan fingerprint density at radius 2 is 1.55 bits per heavy atom. The molecule has 0 aromatic heterocycles. The topological polar surface area (TPSA) is 237 Å². The van der Waals surface area contributed by atoms with E-state index in [0.717, 1.165) is 48.8 Å². The van der Waals surface area contributed by atoms with Crippen molar-refractivity contribution in [3.05, 3.63) is 53.6 Å². The van der Waals surface area contributed by atoms with Crippen molar-refractivity contribution in [1.82, 2.24) is 15.3 Å². The van der Waals surface area contributed by atoms with E-state index >= 15 is 0 Å². The van der Waals surface area contributed by atoms with Crippen LogP contribution in [0.25, 0.3) is 0 Å². The number of carbonyl (C=O) groups is 4. The fraction of sp³-hybridized carbons (Fsp3) is 0.370. The Morgan fingerprint density at radius 3 is 2.18 bits per heavy atom. The zero-order valence-electron chi connectivity index (χ0n) is 23.7. The molecule has 0 bridgehead atoms. The van der Waals surface area contributed by atoms with Gasteiger partial charge in [-0.25, -0.2) is 24.2 Å². The number of carboxylic acid groups (broad SMARTS) is 4. The summed E-state index contributed by atoms with van der Waals surface area (Å²) >= 11 is 0. The molecule has 240 valence electrons. The molecule has 2 aromatic carbocycles. The Hall–Kier alpha value is -4.97. The number of aliphatic hydroxyl groups excluding tert-OH is 1. The average molecular weight is 623 g/mol. The molecule has 2 aromatic rings. The van der Waals surface area contributed by atoms with Crippen molar-refractivity contribution in [3.8, 4) is 17.2 Å². The fourth-order valence-corrected chi connectivity index (χ4v) is 3.40. The summed E-state index contributed by atoms with van der Waals surface area (Å²) in [5.41, 5.74) is 4.99. The highest BCUT2D eigenvalue weighted by Crippen LogP contribution is 2.32. The Balaban J connectivity index is 0.000000477. The number of para-hydroxylation sites is 1. The number of carboxylic acids is 4. The van der Waals surface area contributed by atoms with Gasteiger partial charge >= 0.3 is 23.9 Å². The summed E-state index contributed by atoms with van der Waals surface area (Å²) in [6.45, 7) is 5.10. The molecule has 17 heteroatoms. The van der Waals surface area contributed by atoms with Gasteiger partial charge in [0.15, 0.2) is 11.5 Å². The number of nitrogens with zero attached hydrogens (tertiary/aromatic N) is 3. The van der Waals surface area contributed by atoms with Gasteiger partial charge in [0.05, 0.1) is 6.21 Å². The molecule has 1 fully saturated rings. The lowest BCUT2D eigenvalue weighted by molar-refractivity contribution is -0.159. The van der Waals surface area contributed by atoms with E-state index in [-0.39, 0.29) is 13.4 Å². The van der Waals surface area contributed by atoms with Gasteiger partial charge < -0.3 is 49.5 Å². The molecule has 1 saturated heterocycles. The maximum atomic E-state index is 10.3. The van der Waals surface area contributed by atoms with Crippen LogP contribution in [-0.4, -0.2) is 125 Å². The number of rotatable bonds is 10. The third-order valence-electron chi connectivity index (χ3n) is 5.70. The Labute approximate surface area is 251 Å². The number of ether oxygens (including phenoxy) is 3. The van der Waals surface area contributed by atoms with Crippen LogP contribution in [0.3, 0.4) is 0 Å². The molecule has 0 saturated carbocycles. The molecule has 2 aliphatic heterocycles.